The average molecular weight is 341 g/mol. The van der Waals surface area contributed by atoms with Crippen molar-refractivity contribution in [1.29, 1.82) is 0 Å². The van der Waals surface area contributed by atoms with Gasteiger partial charge in [-0.1, -0.05) is 31.2 Å². The van der Waals surface area contributed by atoms with Gasteiger partial charge in [-0.3, -0.25) is 4.79 Å². The molecule has 0 aliphatic heterocycles. The van der Waals surface area contributed by atoms with E-state index in [0.717, 1.165) is 22.6 Å². The number of halogens is 1. The van der Waals surface area contributed by atoms with E-state index in [9.17, 15) is 9.18 Å². The third-order valence-corrected chi connectivity index (χ3v) is 4.84. The molecule has 2 aromatic carbocycles. The van der Waals surface area contributed by atoms with E-state index in [4.69, 9.17) is 5.11 Å². The highest BCUT2D eigenvalue weighted by molar-refractivity contribution is 7.15. The van der Waals surface area contributed by atoms with Crippen LogP contribution in [0.25, 0.3) is 21.8 Å². The van der Waals surface area contributed by atoms with Crippen LogP contribution in [0.15, 0.2) is 48.5 Å². The lowest BCUT2D eigenvalue weighted by Gasteiger charge is -2.00. The predicted molar refractivity (Wildman–Crippen MR) is 93.7 cm³/mol. The minimum absolute atomic E-state index is 0.0998. The molecule has 1 heterocycles. The Hall–Kier alpha value is -2.53. The van der Waals surface area contributed by atoms with Crippen LogP contribution in [0, 0.1) is 5.82 Å². The van der Waals surface area contributed by atoms with E-state index in [1.54, 1.807) is 12.1 Å². The number of carbonyl (C=O) groups is 1. The summed E-state index contributed by atoms with van der Waals surface area (Å²) in [6.07, 6.45) is 0.862. The third kappa shape index (κ3) is 3.51. The lowest BCUT2D eigenvalue weighted by atomic mass is 10.1. The summed E-state index contributed by atoms with van der Waals surface area (Å²) in [4.78, 5) is 16.4. The lowest BCUT2D eigenvalue weighted by molar-refractivity contribution is -0.136. The summed E-state index contributed by atoms with van der Waals surface area (Å²) in [6, 6.07) is 14.0. The molecule has 0 bridgehead atoms. The first-order chi connectivity index (χ1) is 11.6. The van der Waals surface area contributed by atoms with Crippen LogP contribution in [0.2, 0.25) is 0 Å². The minimum Gasteiger partial charge on any atom is -0.481 e. The Balaban J connectivity index is 2.04. The number of thiazole rings is 1. The summed E-state index contributed by atoms with van der Waals surface area (Å²) in [5.41, 5.74) is 3.52. The van der Waals surface area contributed by atoms with Gasteiger partial charge in [0, 0.05) is 16.0 Å². The number of hydrogen-bond donors (Lipinski definition) is 1. The van der Waals surface area contributed by atoms with Gasteiger partial charge in [0.2, 0.25) is 0 Å². The molecule has 0 aliphatic rings. The molecule has 5 heteroatoms. The van der Waals surface area contributed by atoms with Crippen molar-refractivity contribution in [2.75, 3.05) is 0 Å². The molecule has 24 heavy (non-hydrogen) atoms. The van der Waals surface area contributed by atoms with E-state index in [0.29, 0.717) is 10.6 Å². The first-order valence-corrected chi connectivity index (χ1v) is 8.45. The van der Waals surface area contributed by atoms with Gasteiger partial charge in [-0.2, -0.15) is 0 Å². The van der Waals surface area contributed by atoms with E-state index in [1.165, 1.54) is 29.0 Å². The molecule has 0 radical (unpaired) electrons. The van der Waals surface area contributed by atoms with Gasteiger partial charge in [0.25, 0.3) is 0 Å². The molecule has 0 spiro atoms. The van der Waals surface area contributed by atoms with Crippen LogP contribution in [0.3, 0.4) is 0 Å². The number of carboxylic acid groups (broad SMARTS) is 1. The van der Waals surface area contributed by atoms with Crippen molar-refractivity contribution in [2.45, 2.75) is 19.8 Å². The van der Waals surface area contributed by atoms with Crippen molar-refractivity contribution in [1.82, 2.24) is 4.98 Å². The zero-order chi connectivity index (χ0) is 17.1. The molecular formula is C19H16FNO2S. The molecule has 1 N–H and O–H groups in total. The van der Waals surface area contributed by atoms with Crippen LogP contribution in [-0.4, -0.2) is 16.1 Å². The van der Waals surface area contributed by atoms with Crippen LogP contribution in [0.5, 0.6) is 0 Å². The zero-order valence-electron chi connectivity index (χ0n) is 13.1. The van der Waals surface area contributed by atoms with Crippen LogP contribution in [0.4, 0.5) is 4.39 Å². The van der Waals surface area contributed by atoms with E-state index in [1.807, 2.05) is 24.3 Å². The topological polar surface area (TPSA) is 50.2 Å². The maximum absolute atomic E-state index is 13.1. The predicted octanol–water partition coefficient (Wildman–Crippen LogP) is 4.81. The summed E-state index contributed by atoms with van der Waals surface area (Å²) in [5.74, 6) is -1.24. The van der Waals surface area contributed by atoms with Gasteiger partial charge in [-0.05, 0) is 36.2 Å². The molecule has 3 rings (SSSR count). The number of carboxylic acids is 1. The van der Waals surface area contributed by atoms with E-state index in [-0.39, 0.29) is 12.2 Å². The van der Waals surface area contributed by atoms with E-state index >= 15 is 0 Å². The second kappa shape index (κ2) is 6.93. The summed E-state index contributed by atoms with van der Waals surface area (Å²) in [7, 11) is 0. The van der Waals surface area contributed by atoms with E-state index < -0.39 is 5.97 Å². The summed E-state index contributed by atoms with van der Waals surface area (Å²) in [5, 5.41) is 9.92. The quantitative estimate of drug-likeness (QED) is 0.725. The fraction of sp³-hybridized carbons (Fsp3) is 0.158. The van der Waals surface area contributed by atoms with Crippen molar-refractivity contribution < 1.29 is 14.3 Å². The number of aromatic nitrogens is 1. The van der Waals surface area contributed by atoms with Crippen molar-refractivity contribution in [2.24, 2.45) is 0 Å². The van der Waals surface area contributed by atoms with Crippen LogP contribution < -0.4 is 0 Å². The molecule has 3 aromatic rings. The van der Waals surface area contributed by atoms with Crippen LogP contribution in [-0.2, 0) is 17.6 Å². The maximum Gasteiger partial charge on any atom is 0.308 e. The maximum atomic E-state index is 13.1. The highest BCUT2D eigenvalue weighted by Crippen LogP contribution is 2.34. The zero-order valence-corrected chi connectivity index (χ0v) is 13.9. The standard InChI is InChI=1S/C19H16FNO2S/c1-2-12-3-5-14(6-4-12)19-21-18(16(24-19)11-17(22)23)13-7-9-15(20)10-8-13/h3-10H,2,11H2,1H3,(H,22,23). The molecule has 3 nitrogen and oxygen atoms in total. The first-order valence-electron chi connectivity index (χ1n) is 7.63. The van der Waals surface area contributed by atoms with Gasteiger partial charge in [0.15, 0.2) is 0 Å². The van der Waals surface area contributed by atoms with Gasteiger partial charge in [-0.15, -0.1) is 11.3 Å². The number of benzene rings is 2. The van der Waals surface area contributed by atoms with Gasteiger partial charge in [-0.25, -0.2) is 9.37 Å². The Morgan fingerprint density at radius 2 is 1.71 bits per heavy atom. The van der Waals surface area contributed by atoms with Gasteiger partial charge in [0.05, 0.1) is 12.1 Å². The molecule has 0 unspecified atom stereocenters. The largest absolute Gasteiger partial charge is 0.481 e. The fourth-order valence-corrected chi connectivity index (χ4v) is 3.53. The highest BCUT2D eigenvalue weighted by Gasteiger charge is 2.16. The summed E-state index contributed by atoms with van der Waals surface area (Å²) < 4.78 is 13.1. The second-order valence-electron chi connectivity index (χ2n) is 5.42. The monoisotopic (exact) mass is 341 g/mol. The van der Waals surface area contributed by atoms with Crippen molar-refractivity contribution in [3.63, 3.8) is 0 Å². The summed E-state index contributed by atoms with van der Waals surface area (Å²) in [6.45, 7) is 2.09. The van der Waals surface area contributed by atoms with Gasteiger partial charge >= 0.3 is 5.97 Å². The number of aryl methyl sites for hydroxylation is 1. The molecule has 0 atom stereocenters. The van der Waals surface area contributed by atoms with Crippen LogP contribution in [0.1, 0.15) is 17.4 Å². The molecule has 0 amide bonds. The van der Waals surface area contributed by atoms with Gasteiger partial charge < -0.3 is 5.11 Å². The van der Waals surface area contributed by atoms with Crippen molar-refractivity contribution in [3.05, 3.63) is 64.8 Å². The minimum atomic E-state index is -0.908. The molecule has 1 aromatic heterocycles. The van der Waals surface area contributed by atoms with E-state index in [2.05, 4.69) is 11.9 Å². The Bertz CT molecular complexity index is 854. The normalized spacial score (nSPS) is 10.8. The smallest absolute Gasteiger partial charge is 0.308 e. The number of nitrogens with zero attached hydrogens (tertiary/aromatic N) is 1. The van der Waals surface area contributed by atoms with Crippen molar-refractivity contribution in [3.8, 4) is 21.8 Å². The fourth-order valence-electron chi connectivity index (χ4n) is 2.45. The average Bonchev–Trinajstić information content (AvgIpc) is 2.98. The molecule has 0 fully saturated rings. The SMILES string of the molecule is CCc1ccc(-c2nc(-c3ccc(F)cc3)c(CC(=O)O)s2)cc1. The Morgan fingerprint density at radius 1 is 1.08 bits per heavy atom. The Labute approximate surface area is 143 Å². The molecule has 0 saturated carbocycles. The Kier molecular flexibility index (Phi) is 4.71. The second-order valence-corrected chi connectivity index (χ2v) is 6.50. The number of aliphatic carboxylic acids is 1. The lowest BCUT2D eigenvalue weighted by Crippen LogP contribution is -1.99. The number of hydrogen-bond acceptors (Lipinski definition) is 3. The molecule has 0 aliphatic carbocycles. The molecule has 122 valence electrons. The van der Waals surface area contributed by atoms with Crippen molar-refractivity contribution >= 4 is 17.3 Å². The molecule has 0 saturated heterocycles. The highest BCUT2D eigenvalue weighted by atomic mass is 32.1. The number of rotatable bonds is 5. The van der Waals surface area contributed by atoms with Gasteiger partial charge in [0.1, 0.15) is 10.8 Å². The molecular weight excluding hydrogens is 325 g/mol. The first kappa shape index (κ1) is 16.3. The summed E-state index contributed by atoms with van der Waals surface area (Å²) >= 11 is 1.37. The Morgan fingerprint density at radius 3 is 2.29 bits per heavy atom. The van der Waals surface area contributed by atoms with Crippen LogP contribution >= 0.6 is 11.3 Å². The third-order valence-electron chi connectivity index (χ3n) is 3.74.